The van der Waals surface area contributed by atoms with E-state index in [1.54, 1.807) is 0 Å². The van der Waals surface area contributed by atoms with Gasteiger partial charge < -0.3 is 9.47 Å². The van der Waals surface area contributed by atoms with Crippen LogP contribution < -0.4 is 4.90 Å². The first-order chi connectivity index (χ1) is 29.5. The van der Waals surface area contributed by atoms with Gasteiger partial charge in [-0.05, 0) is 116 Å². The highest BCUT2D eigenvalue weighted by molar-refractivity contribution is 6.10. The van der Waals surface area contributed by atoms with Crippen LogP contribution in [0.2, 0.25) is 0 Å². The summed E-state index contributed by atoms with van der Waals surface area (Å²) in [7, 11) is 0. The minimum atomic E-state index is -0.518. The van der Waals surface area contributed by atoms with Crippen molar-refractivity contribution in [2.45, 2.75) is 24.7 Å². The number of para-hydroxylation sites is 3. The molecule has 1 aromatic heterocycles. The quantitative estimate of drug-likeness (QED) is 0.164. The Morgan fingerprint density at radius 1 is 0.350 bits per heavy atom. The molecule has 10 aromatic rings. The maximum absolute atomic E-state index is 2.51. The Hall–Kier alpha value is -7.42. The van der Waals surface area contributed by atoms with Crippen molar-refractivity contribution in [1.29, 1.82) is 0 Å². The molecule has 0 bridgehead atoms. The third kappa shape index (κ3) is 4.82. The highest BCUT2D eigenvalue weighted by Gasteiger charge is 2.47. The Balaban J connectivity index is 1.07. The first-order valence-electron chi connectivity index (χ1n) is 21.0. The van der Waals surface area contributed by atoms with E-state index < -0.39 is 5.41 Å². The summed E-state index contributed by atoms with van der Waals surface area (Å²) in [6.45, 7) is 4.73. The Labute approximate surface area is 351 Å². The number of hydrogen-bond donors (Lipinski definition) is 0. The molecule has 2 aliphatic rings. The summed E-state index contributed by atoms with van der Waals surface area (Å²) in [5.74, 6) is 0. The van der Waals surface area contributed by atoms with E-state index in [0.29, 0.717) is 0 Å². The highest BCUT2D eigenvalue weighted by Crippen LogP contribution is 2.58. The average molecular weight is 767 g/mol. The van der Waals surface area contributed by atoms with Crippen molar-refractivity contribution in [3.8, 4) is 27.9 Å². The largest absolute Gasteiger partial charge is 0.310 e. The summed E-state index contributed by atoms with van der Waals surface area (Å²) >= 11 is 0. The molecule has 1 heterocycles. The van der Waals surface area contributed by atoms with E-state index in [2.05, 4.69) is 242 Å². The van der Waals surface area contributed by atoms with E-state index in [0.717, 1.165) is 22.7 Å². The van der Waals surface area contributed by atoms with Gasteiger partial charge in [0.05, 0.1) is 16.4 Å². The predicted molar refractivity (Wildman–Crippen MR) is 250 cm³/mol. The molecule has 2 nitrogen and oxygen atoms in total. The van der Waals surface area contributed by atoms with Crippen LogP contribution in [0.15, 0.2) is 218 Å². The fourth-order valence-electron chi connectivity index (χ4n) is 10.8. The fourth-order valence-corrected chi connectivity index (χ4v) is 10.8. The lowest BCUT2D eigenvalue weighted by Gasteiger charge is -2.35. The summed E-state index contributed by atoms with van der Waals surface area (Å²) in [6.07, 6.45) is 0. The van der Waals surface area contributed by atoms with Gasteiger partial charge in [-0.3, -0.25) is 0 Å². The van der Waals surface area contributed by atoms with Crippen LogP contribution in [0.3, 0.4) is 0 Å². The van der Waals surface area contributed by atoms with Gasteiger partial charge in [0, 0.05) is 38.9 Å². The maximum atomic E-state index is 2.51. The molecule has 0 radical (unpaired) electrons. The zero-order valence-electron chi connectivity index (χ0n) is 33.7. The molecule has 60 heavy (non-hydrogen) atoms. The molecular formula is C58H42N2. The van der Waals surface area contributed by atoms with Crippen LogP contribution in [0, 0.1) is 0 Å². The molecule has 2 aliphatic carbocycles. The van der Waals surface area contributed by atoms with Crippen molar-refractivity contribution in [1.82, 2.24) is 4.57 Å². The van der Waals surface area contributed by atoms with E-state index in [1.807, 2.05) is 0 Å². The van der Waals surface area contributed by atoms with Crippen LogP contribution >= 0.6 is 0 Å². The number of hydrogen-bond acceptors (Lipinski definition) is 1. The molecule has 0 N–H and O–H groups in total. The minimum absolute atomic E-state index is 0.0653. The first-order valence-corrected chi connectivity index (χ1v) is 21.0. The zero-order valence-corrected chi connectivity index (χ0v) is 33.7. The second kappa shape index (κ2) is 13.0. The van der Waals surface area contributed by atoms with Gasteiger partial charge in [0.25, 0.3) is 0 Å². The monoisotopic (exact) mass is 766 g/mol. The summed E-state index contributed by atoms with van der Waals surface area (Å²) in [5.41, 5.74) is 19.5. The van der Waals surface area contributed by atoms with Crippen molar-refractivity contribution >= 4 is 38.9 Å². The van der Waals surface area contributed by atoms with Crippen molar-refractivity contribution in [2.75, 3.05) is 4.90 Å². The Bertz CT molecular complexity index is 3230. The van der Waals surface area contributed by atoms with E-state index in [1.165, 1.54) is 77.4 Å². The lowest BCUT2D eigenvalue weighted by Crippen LogP contribution is -2.29. The van der Waals surface area contributed by atoms with Crippen molar-refractivity contribution in [3.05, 3.63) is 252 Å². The molecule has 0 saturated heterocycles. The molecule has 0 saturated carbocycles. The molecule has 9 aromatic carbocycles. The standard InChI is InChI=1S/C58H42N2/c1-57(2)51-25-13-9-23-47(51)50-37-40(31-36-52(50)57)58(53-26-14-10-21-45(53)46-22-11-15-27-54(46)58)39-29-32-43(33-30-39)59(41-17-5-3-6-18-41)44-34-35-49-48-24-12-16-28-55(48)60(56(49)38-44)42-19-7-4-8-20-42/h3-38H,1-2H3. The molecule has 0 unspecified atom stereocenters. The van der Waals surface area contributed by atoms with Gasteiger partial charge >= 0.3 is 0 Å². The Morgan fingerprint density at radius 2 is 0.850 bits per heavy atom. The van der Waals surface area contributed by atoms with Crippen molar-refractivity contribution in [3.63, 3.8) is 0 Å². The number of fused-ring (bicyclic) bond motifs is 9. The molecule has 284 valence electrons. The van der Waals surface area contributed by atoms with E-state index >= 15 is 0 Å². The van der Waals surface area contributed by atoms with Gasteiger partial charge in [0.1, 0.15) is 0 Å². The molecule has 12 rings (SSSR count). The van der Waals surface area contributed by atoms with Crippen LogP contribution in [-0.2, 0) is 10.8 Å². The number of benzene rings is 9. The van der Waals surface area contributed by atoms with Gasteiger partial charge in [0.2, 0.25) is 0 Å². The molecule has 2 heteroatoms. The molecule has 0 atom stereocenters. The maximum Gasteiger partial charge on any atom is 0.0713 e. The normalized spacial score (nSPS) is 14.1. The average Bonchev–Trinajstić information content (AvgIpc) is 3.88. The van der Waals surface area contributed by atoms with Gasteiger partial charge in [-0.2, -0.15) is 0 Å². The second-order valence-electron chi connectivity index (χ2n) is 16.9. The van der Waals surface area contributed by atoms with Crippen LogP contribution in [0.5, 0.6) is 0 Å². The lowest BCUT2D eigenvalue weighted by atomic mass is 9.67. The van der Waals surface area contributed by atoms with Gasteiger partial charge in [0.15, 0.2) is 0 Å². The number of aromatic nitrogens is 1. The third-order valence-electron chi connectivity index (χ3n) is 13.5. The molecule has 0 spiro atoms. The van der Waals surface area contributed by atoms with Crippen LogP contribution in [0.4, 0.5) is 17.1 Å². The molecule has 0 aliphatic heterocycles. The lowest BCUT2D eigenvalue weighted by molar-refractivity contribution is 0.659. The molecular weight excluding hydrogens is 725 g/mol. The van der Waals surface area contributed by atoms with Crippen molar-refractivity contribution < 1.29 is 0 Å². The number of rotatable bonds is 6. The van der Waals surface area contributed by atoms with E-state index in [4.69, 9.17) is 0 Å². The van der Waals surface area contributed by atoms with Crippen molar-refractivity contribution in [2.24, 2.45) is 0 Å². The van der Waals surface area contributed by atoms with Gasteiger partial charge in [-0.15, -0.1) is 0 Å². The zero-order chi connectivity index (χ0) is 40.0. The SMILES string of the molecule is CC1(C)c2ccccc2-c2cc(C3(c4ccc(N(c5ccccc5)c5ccc6c7ccccc7n(-c7ccccc7)c6c5)cc4)c4ccccc4-c4ccccc43)ccc21. The van der Waals surface area contributed by atoms with Gasteiger partial charge in [-0.25, -0.2) is 0 Å². The van der Waals surface area contributed by atoms with Gasteiger partial charge in [-0.1, -0.05) is 172 Å². The summed E-state index contributed by atoms with van der Waals surface area (Å²) in [6, 6.07) is 81.0. The summed E-state index contributed by atoms with van der Waals surface area (Å²) in [4.78, 5) is 2.40. The summed E-state index contributed by atoms with van der Waals surface area (Å²) in [5, 5.41) is 2.49. The number of anilines is 3. The highest BCUT2D eigenvalue weighted by atomic mass is 15.1. The first kappa shape index (κ1) is 34.6. The number of nitrogens with zero attached hydrogens (tertiary/aromatic N) is 2. The Kier molecular flexibility index (Phi) is 7.52. The van der Waals surface area contributed by atoms with Crippen LogP contribution in [0.25, 0.3) is 49.7 Å². The van der Waals surface area contributed by atoms with E-state index in [-0.39, 0.29) is 5.41 Å². The third-order valence-corrected chi connectivity index (χ3v) is 13.5. The van der Waals surface area contributed by atoms with E-state index in [9.17, 15) is 0 Å². The smallest absolute Gasteiger partial charge is 0.0713 e. The second-order valence-corrected chi connectivity index (χ2v) is 16.9. The molecule has 0 fully saturated rings. The minimum Gasteiger partial charge on any atom is -0.310 e. The summed E-state index contributed by atoms with van der Waals surface area (Å²) < 4.78 is 2.40. The topological polar surface area (TPSA) is 8.17 Å². The molecule has 0 amide bonds. The Morgan fingerprint density at radius 3 is 1.55 bits per heavy atom. The predicted octanol–water partition coefficient (Wildman–Crippen LogP) is 14.9. The van der Waals surface area contributed by atoms with Crippen LogP contribution in [0.1, 0.15) is 47.2 Å². The fraction of sp³-hybridized carbons (Fsp3) is 0.0690. The van der Waals surface area contributed by atoms with Crippen LogP contribution in [-0.4, -0.2) is 4.57 Å².